The van der Waals surface area contributed by atoms with E-state index in [2.05, 4.69) is 45.7 Å². The van der Waals surface area contributed by atoms with Crippen LogP contribution in [0.5, 0.6) is 0 Å². The molecule has 1 aromatic heterocycles. The quantitative estimate of drug-likeness (QED) is 0.636. The van der Waals surface area contributed by atoms with E-state index >= 15 is 0 Å². The maximum atomic E-state index is 6.16. The van der Waals surface area contributed by atoms with Gasteiger partial charge >= 0.3 is 0 Å². The molecule has 2 aromatic carbocycles. The second kappa shape index (κ2) is 7.51. The number of benzene rings is 2. The van der Waals surface area contributed by atoms with Gasteiger partial charge in [-0.25, -0.2) is 4.98 Å². The molecule has 0 spiro atoms. The average Bonchev–Trinajstić information content (AvgIpc) is 2.57. The van der Waals surface area contributed by atoms with Crippen molar-refractivity contribution < 1.29 is 0 Å². The minimum Gasteiger partial charge on any atom is -0.366 e. The predicted molar refractivity (Wildman–Crippen MR) is 100 cm³/mol. The number of para-hydroxylation sites is 1. The second-order valence-electron chi connectivity index (χ2n) is 5.33. The first kappa shape index (κ1) is 16.6. The third kappa shape index (κ3) is 4.16. The summed E-state index contributed by atoms with van der Waals surface area (Å²) >= 11 is 12.3. The number of aromatic nitrogens is 2. The van der Waals surface area contributed by atoms with Crippen LogP contribution in [0.1, 0.15) is 11.1 Å². The summed E-state index contributed by atoms with van der Waals surface area (Å²) < 4.78 is 0. The van der Waals surface area contributed by atoms with Crippen molar-refractivity contribution in [2.75, 3.05) is 10.6 Å². The summed E-state index contributed by atoms with van der Waals surface area (Å²) in [6.07, 6.45) is 1.68. The third-order valence-corrected chi connectivity index (χ3v) is 4.04. The van der Waals surface area contributed by atoms with Gasteiger partial charge in [-0.3, -0.25) is 0 Å². The lowest BCUT2D eigenvalue weighted by atomic mass is 10.1. The van der Waals surface area contributed by atoms with Gasteiger partial charge in [0, 0.05) is 12.7 Å². The van der Waals surface area contributed by atoms with Crippen LogP contribution in [0.2, 0.25) is 10.0 Å². The fourth-order valence-corrected chi connectivity index (χ4v) is 2.75. The fourth-order valence-electron chi connectivity index (χ4n) is 2.26. The molecule has 0 amide bonds. The lowest BCUT2D eigenvalue weighted by Crippen LogP contribution is -2.04. The largest absolute Gasteiger partial charge is 0.366 e. The van der Waals surface area contributed by atoms with E-state index < -0.39 is 0 Å². The van der Waals surface area contributed by atoms with Gasteiger partial charge in [0.25, 0.3) is 0 Å². The molecule has 3 aromatic rings. The average molecular weight is 359 g/mol. The molecular formula is C18H16Cl2N4. The Labute approximate surface area is 150 Å². The molecule has 0 bridgehead atoms. The number of halogens is 2. The van der Waals surface area contributed by atoms with E-state index in [1.807, 2.05) is 12.1 Å². The SMILES string of the molecule is Cc1cccc(CNc2ccnc(Nc3c(Cl)cccc3Cl)n2)c1. The highest BCUT2D eigenvalue weighted by Crippen LogP contribution is 2.31. The first-order chi connectivity index (χ1) is 11.6. The maximum absolute atomic E-state index is 6.16. The molecule has 3 rings (SSSR count). The van der Waals surface area contributed by atoms with Crippen molar-refractivity contribution in [3.05, 3.63) is 75.9 Å². The molecule has 0 aliphatic rings. The van der Waals surface area contributed by atoms with Gasteiger partial charge in [-0.1, -0.05) is 59.1 Å². The lowest BCUT2D eigenvalue weighted by molar-refractivity contribution is 1.08. The number of nitrogens with zero attached hydrogens (tertiary/aromatic N) is 2. The molecule has 0 fully saturated rings. The molecule has 122 valence electrons. The highest BCUT2D eigenvalue weighted by molar-refractivity contribution is 6.39. The number of hydrogen-bond donors (Lipinski definition) is 2. The molecule has 0 radical (unpaired) electrons. The normalized spacial score (nSPS) is 10.5. The smallest absolute Gasteiger partial charge is 0.229 e. The summed E-state index contributed by atoms with van der Waals surface area (Å²) in [7, 11) is 0. The Morgan fingerprint density at radius 3 is 2.50 bits per heavy atom. The molecular weight excluding hydrogens is 343 g/mol. The molecule has 4 nitrogen and oxygen atoms in total. The first-order valence-corrected chi connectivity index (χ1v) is 8.21. The van der Waals surface area contributed by atoms with E-state index in [4.69, 9.17) is 23.2 Å². The van der Waals surface area contributed by atoms with Gasteiger partial charge in [0.1, 0.15) is 5.82 Å². The molecule has 0 saturated heterocycles. The van der Waals surface area contributed by atoms with Crippen molar-refractivity contribution in [3.8, 4) is 0 Å². The van der Waals surface area contributed by atoms with Crippen LogP contribution in [0.25, 0.3) is 0 Å². The predicted octanol–water partition coefficient (Wildman–Crippen LogP) is 5.45. The zero-order chi connectivity index (χ0) is 16.9. The van der Waals surface area contributed by atoms with E-state index in [1.54, 1.807) is 24.4 Å². The summed E-state index contributed by atoms with van der Waals surface area (Å²) in [4.78, 5) is 8.64. The number of nitrogens with one attached hydrogen (secondary N) is 2. The Morgan fingerprint density at radius 2 is 1.75 bits per heavy atom. The minimum atomic E-state index is 0.430. The van der Waals surface area contributed by atoms with Crippen molar-refractivity contribution >= 4 is 40.7 Å². The third-order valence-electron chi connectivity index (χ3n) is 3.41. The molecule has 0 unspecified atom stereocenters. The molecule has 0 aliphatic heterocycles. The van der Waals surface area contributed by atoms with Crippen molar-refractivity contribution in [2.24, 2.45) is 0 Å². The van der Waals surface area contributed by atoms with Gasteiger partial charge < -0.3 is 10.6 Å². The van der Waals surface area contributed by atoms with Crippen molar-refractivity contribution in [1.29, 1.82) is 0 Å². The van der Waals surface area contributed by atoms with Gasteiger partial charge in [-0.2, -0.15) is 4.98 Å². The van der Waals surface area contributed by atoms with Crippen LogP contribution in [-0.2, 0) is 6.54 Å². The summed E-state index contributed by atoms with van der Waals surface area (Å²) in [5.41, 5.74) is 3.02. The molecule has 6 heteroatoms. The Kier molecular flexibility index (Phi) is 5.18. The number of anilines is 3. The Morgan fingerprint density at radius 1 is 1.00 bits per heavy atom. The lowest BCUT2D eigenvalue weighted by Gasteiger charge is -2.11. The van der Waals surface area contributed by atoms with Crippen LogP contribution in [-0.4, -0.2) is 9.97 Å². The highest BCUT2D eigenvalue weighted by Gasteiger charge is 2.07. The molecule has 1 heterocycles. The fraction of sp³-hybridized carbons (Fsp3) is 0.111. The summed E-state index contributed by atoms with van der Waals surface area (Å²) in [5, 5.41) is 7.38. The van der Waals surface area contributed by atoms with Crippen LogP contribution in [0.3, 0.4) is 0 Å². The second-order valence-corrected chi connectivity index (χ2v) is 6.14. The minimum absolute atomic E-state index is 0.430. The number of rotatable bonds is 5. The van der Waals surface area contributed by atoms with Crippen LogP contribution < -0.4 is 10.6 Å². The van der Waals surface area contributed by atoms with Crippen molar-refractivity contribution in [1.82, 2.24) is 9.97 Å². The topological polar surface area (TPSA) is 49.8 Å². The van der Waals surface area contributed by atoms with E-state index in [1.165, 1.54) is 11.1 Å². The molecule has 2 N–H and O–H groups in total. The maximum Gasteiger partial charge on any atom is 0.229 e. The van der Waals surface area contributed by atoms with Gasteiger partial charge in [-0.05, 0) is 30.7 Å². The standard InChI is InChI=1S/C18H16Cl2N4/c1-12-4-2-5-13(10-12)11-22-16-8-9-21-18(23-16)24-17-14(19)6-3-7-15(17)20/h2-10H,11H2,1H3,(H2,21,22,23,24). The zero-order valence-corrected chi connectivity index (χ0v) is 14.6. The van der Waals surface area contributed by atoms with Gasteiger partial charge in [-0.15, -0.1) is 0 Å². The number of hydrogen-bond acceptors (Lipinski definition) is 4. The molecule has 24 heavy (non-hydrogen) atoms. The van der Waals surface area contributed by atoms with Crippen LogP contribution in [0.15, 0.2) is 54.7 Å². The van der Waals surface area contributed by atoms with Crippen LogP contribution in [0.4, 0.5) is 17.5 Å². The van der Waals surface area contributed by atoms with E-state index in [9.17, 15) is 0 Å². The van der Waals surface area contributed by atoms with Crippen LogP contribution >= 0.6 is 23.2 Å². The zero-order valence-electron chi connectivity index (χ0n) is 13.1. The van der Waals surface area contributed by atoms with E-state index in [0.29, 0.717) is 28.2 Å². The van der Waals surface area contributed by atoms with E-state index in [-0.39, 0.29) is 0 Å². The van der Waals surface area contributed by atoms with E-state index in [0.717, 1.165) is 5.82 Å². The summed E-state index contributed by atoms with van der Waals surface area (Å²) in [6.45, 7) is 2.76. The summed E-state index contributed by atoms with van der Waals surface area (Å²) in [6, 6.07) is 15.4. The van der Waals surface area contributed by atoms with Crippen molar-refractivity contribution in [2.45, 2.75) is 13.5 Å². The number of aryl methyl sites for hydroxylation is 1. The Balaban J connectivity index is 1.72. The summed E-state index contributed by atoms with van der Waals surface area (Å²) in [5.74, 6) is 1.15. The van der Waals surface area contributed by atoms with Crippen LogP contribution in [0, 0.1) is 6.92 Å². The Bertz CT molecular complexity index is 832. The molecule has 0 atom stereocenters. The first-order valence-electron chi connectivity index (χ1n) is 7.45. The van der Waals surface area contributed by atoms with Gasteiger partial charge in [0.2, 0.25) is 5.95 Å². The molecule has 0 saturated carbocycles. The Hall–Kier alpha value is -2.30. The molecule has 0 aliphatic carbocycles. The van der Waals surface area contributed by atoms with Gasteiger partial charge in [0.05, 0.1) is 15.7 Å². The highest BCUT2D eigenvalue weighted by atomic mass is 35.5. The monoisotopic (exact) mass is 358 g/mol. The van der Waals surface area contributed by atoms with Crippen molar-refractivity contribution in [3.63, 3.8) is 0 Å². The van der Waals surface area contributed by atoms with Gasteiger partial charge in [0.15, 0.2) is 0 Å².